The van der Waals surface area contributed by atoms with Crippen LogP contribution >= 0.6 is 58.0 Å². The molecule has 0 spiro atoms. The minimum atomic E-state index is -1.34. The highest BCUT2D eigenvalue weighted by atomic mass is 35.5. The number of pyridine rings is 5. The number of rotatable bonds is 3. The standard InChI is InChI=1S/C6H2Cl2FNO2.C6H4ClFN2O.C6H2ClFN2.C6H3ClFNO2.C6H5FN4/c7-4-2(6(11)12)1-3(9)5(8)10-4;7-5-4(6(9)11)1-3(8)2-10-5;7-6-4(2-9)1-5(8)3-10-6;7-5-4(6(10)11)1-3(8)2-9-5;7-3-1-4-5(8)10-11-6(4)9-2-3/h1H,(H,11,12);1-2H,(H2,9,11);1,3H;1-2H,(H,10,11);1-2H,(H3,8,9,10,11). The number of nitrogens with one attached hydrogen (secondary N) is 1. The number of H-pyrrole nitrogens is 1. The number of primary amides is 1. The molecule has 0 saturated carbocycles. The van der Waals surface area contributed by atoms with Crippen LogP contribution in [-0.2, 0) is 0 Å². The monoisotopic (exact) mass is 866 g/mol. The molecule has 0 fully saturated rings. The van der Waals surface area contributed by atoms with E-state index in [1.807, 2.05) is 0 Å². The van der Waals surface area contributed by atoms with Crippen LogP contribution in [0.5, 0.6) is 0 Å². The van der Waals surface area contributed by atoms with Crippen molar-refractivity contribution in [2.24, 2.45) is 5.73 Å². The molecule has 286 valence electrons. The predicted octanol–water partition coefficient (Wildman–Crippen LogP) is 7.20. The SMILES string of the molecule is N#Cc1cc(F)cnc1Cl.NC(=O)c1cc(F)cnc1Cl.Nc1[nH]nc2ncc(F)cc12.O=C(O)c1cc(F)c(Cl)nc1Cl.O=C(O)c1cc(F)cnc1Cl. The summed E-state index contributed by atoms with van der Waals surface area (Å²) in [6.07, 6.45) is 3.83. The summed E-state index contributed by atoms with van der Waals surface area (Å²) in [7, 11) is 0. The van der Waals surface area contributed by atoms with Gasteiger partial charge in [-0.3, -0.25) is 9.89 Å². The van der Waals surface area contributed by atoms with Gasteiger partial charge in [-0.05, 0) is 30.3 Å². The highest BCUT2D eigenvalue weighted by Gasteiger charge is 2.14. The van der Waals surface area contributed by atoms with Crippen molar-refractivity contribution < 1.29 is 46.5 Å². The maximum Gasteiger partial charge on any atom is 0.338 e. The molecule has 0 aliphatic rings. The predicted molar refractivity (Wildman–Crippen MR) is 187 cm³/mol. The number of carbonyl (C=O) groups excluding carboxylic acids is 1. The van der Waals surface area contributed by atoms with E-state index in [9.17, 15) is 36.3 Å². The molecule has 6 heterocycles. The van der Waals surface area contributed by atoms with Gasteiger partial charge >= 0.3 is 11.9 Å². The largest absolute Gasteiger partial charge is 0.478 e. The van der Waals surface area contributed by atoms with Crippen molar-refractivity contribution in [2.45, 2.75) is 0 Å². The zero-order chi connectivity index (χ0) is 41.6. The molecule has 55 heavy (non-hydrogen) atoms. The summed E-state index contributed by atoms with van der Waals surface area (Å²) in [5, 5.41) is 30.9. The zero-order valence-electron chi connectivity index (χ0n) is 26.4. The Hall–Kier alpha value is -5.98. The minimum Gasteiger partial charge on any atom is -0.478 e. The first-order valence-electron chi connectivity index (χ1n) is 13.6. The van der Waals surface area contributed by atoms with E-state index in [0.717, 1.165) is 49.1 Å². The Morgan fingerprint density at radius 1 is 0.655 bits per heavy atom. The molecular weight excluding hydrogens is 853 g/mol. The van der Waals surface area contributed by atoms with Gasteiger partial charge in [0, 0.05) is 0 Å². The van der Waals surface area contributed by atoms with E-state index in [2.05, 4.69) is 35.1 Å². The average molecular weight is 869 g/mol. The molecule has 6 rings (SSSR count). The van der Waals surface area contributed by atoms with Crippen molar-refractivity contribution in [2.75, 3.05) is 5.73 Å². The number of fused-ring (bicyclic) bond motifs is 1. The van der Waals surface area contributed by atoms with Crippen molar-refractivity contribution in [3.05, 3.63) is 132 Å². The molecule has 1 amide bonds. The summed E-state index contributed by atoms with van der Waals surface area (Å²) < 4.78 is 62.1. The number of carboxylic acid groups (broad SMARTS) is 2. The van der Waals surface area contributed by atoms with E-state index in [4.69, 9.17) is 84.9 Å². The van der Waals surface area contributed by atoms with Crippen LogP contribution in [0.4, 0.5) is 27.8 Å². The van der Waals surface area contributed by atoms with Crippen LogP contribution in [0, 0.1) is 40.4 Å². The third-order valence-corrected chi connectivity index (χ3v) is 7.01. The van der Waals surface area contributed by atoms with Gasteiger partial charge in [0.1, 0.15) is 55.8 Å². The molecule has 0 aromatic carbocycles. The zero-order valence-corrected chi connectivity index (χ0v) is 30.2. The molecule has 0 unspecified atom stereocenters. The molecule has 0 aliphatic carbocycles. The van der Waals surface area contributed by atoms with Crippen molar-refractivity contribution in [3.63, 3.8) is 0 Å². The van der Waals surface area contributed by atoms with E-state index < -0.39 is 57.6 Å². The molecule has 0 atom stereocenters. The Labute approximate surface area is 328 Å². The third-order valence-electron chi connectivity index (χ3n) is 5.56. The number of nitrogens with two attached hydrogens (primary N) is 2. The van der Waals surface area contributed by atoms with Crippen molar-refractivity contribution in [1.82, 2.24) is 35.1 Å². The van der Waals surface area contributed by atoms with E-state index in [1.54, 1.807) is 6.07 Å². The van der Waals surface area contributed by atoms with Crippen molar-refractivity contribution in [3.8, 4) is 6.07 Å². The first-order valence-corrected chi connectivity index (χ1v) is 15.5. The number of anilines is 1. The van der Waals surface area contributed by atoms with Gasteiger partial charge in [0.25, 0.3) is 5.91 Å². The normalized spacial score (nSPS) is 9.76. The van der Waals surface area contributed by atoms with Crippen LogP contribution in [0.2, 0.25) is 25.8 Å². The van der Waals surface area contributed by atoms with Crippen molar-refractivity contribution >= 4 is 92.7 Å². The number of amides is 1. The topological polar surface area (TPSA) is 261 Å². The Bertz CT molecular complexity index is 2340. The highest BCUT2D eigenvalue weighted by Crippen LogP contribution is 2.20. The number of nitrogen functional groups attached to an aromatic ring is 1. The molecule has 6 aromatic heterocycles. The number of carbonyl (C=O) groups is 3. The lowest BCUT2D eigenvalue weighted by atomic mass is 10.3. The summed E-state index contributed by atoms with van der Waals surface area (Å²) in [5.74, 6) is -6.31. The van der Waals surface area contributed by atoms with Crippen LogP contribution in [0.15, 0.2) is 55.1 Å². The van der Waals surface area contributed by atoms with E-state index in [1.165, 1.54) is 6.07 Å². The summed E-state index contributed by atoms with van der Waals surface area (Å²) in [4.78, 5) is 48.2. The highest BCUT2D eigenvalue weighted by molar-refractivity contribution is 6.34. The number of hydrogen-bond donors (Lipinski definition) is 5. The van der Waals surface area contributed by atoms with Crippen LogP contribution in [-0.4, -0.2) is 63.2 Å². The molecule has 6 aromatic rings. The number of carboxylic acids is 2. The van der Waals surface area contributed by atoms with Gasteiger partial charge in [0.15, 0.2) is 16.6 Å². The molecule has 7 N–H and O–H groups in total. The second kappa shape index (κ2) is 21.0. The number of aromatic carboxylic acids is 2. The van der Waals surface area contributed by atoms with Crippen LogP contribution in [0.3, 0.4) is 0 Å². The third kappa shape index (κ3) is 14.1. The fourth-order valence-electron chi connectivity index (χ4n) is 3.16. The van der Waals surface area contributed by atoms with Gasteiger partial charge < -0.3 is 21.7 Å². The fourth-order valence-corrected chi connectivity index (χ4v) is 4.09. The lowest BCUT2D eigenvalue weighted by molar-refractivity contribution is 0.0685. The van der Waals surface area contributed by atoms with E-state index in [-0.39, 0.29) is 37.3 Å². The fraction of sp³-hybridized carbons (Fsp3) is 0. The number of hydrogen-bond acceptors (Lipinski definition) is 11. The average Bonchev–Trinajstić information content (AvgIpc) is 3.49. The Balaban J connectivity index is 0.000000238. The Morgan fingerprint density at radius 2 is 1.11 bits per heavy atom. The lowest BCUT2D eigenvalue weighted by Gasteiger charge is -1.98. The molecule has 15 nitrogen and oxygen atoms in total. The van der Waals surface area contributed by atoms with Gasteiger partial charge in [-0.25, -0.2) is 56.5 Å². The number of nitrogens with zero attached hydrogens (tertiary/aromatic N) is 7. The first kappa shape index (κ1) is 45.2. The number of nitriles is 1. The van der Waals surface area contributed by atoms with Crippen LogP contribution in [0.25, 0.3) is 11.0 Å². The van der Waals surface area contributed by atoms with Gasteiger partial charge in [-0.15, -0.1) is 0 Å². The maximum absolute atomic E-state index is 12.6. The molecule has 0 aliphatic heterocycles. The summed E-state index contributed by atoms with van der Waals surface area (Å²) >= 11 is 26.7. The minimum absolute atomic E-state index is 0.0314. The van der Waals surface area contributed by atoms with Gasteiger partial charge in [0.05, 0.1) is 52.4 Å². The van der Waals surface area contributed by atoms with Gasteiger partial charge in [0.2, 0.25) is 0 Å². The maximum atomic E-state index is 12.6. The molecule has 0 bridgehead atoms. The first-order chi connectivity index (χ1) is 25.7. The summed E-state index contributed by atoms with van der Waals surface area (Å²) in [6.45, 7) is 0. The van der Waals surface area contributed by atoms with Crippen LogP contribution in [0.1, 0.15) is 36.6 Å². The number of aromatic amines is 1. The Morgan fingerprint density at radius 3 is 1.58 bits per heavy atom. The van der Waals surface area contributed by atoms with Gasteiger partial charge in [-0.2, -0.15) is 10.4 Å². The lowest BCUT2D eigenvalue weighted by Crippen LogP contribution is -2.12. The number of aromatic nitrogens is 7. The summed E-state index contributed by atoms with van der Waals surface area (Å²) in [6, 6.07) is 6.51. The summed E-state index contributed by atoms with van der Waals surface area (Å²) in [5.41, 5.74) is 9.93. The molecule has 0 radical (unpaired) electrons. The smallest absolute Gasteiger partial charge is 0.338 e. The van der Waals surface area contributed by atoms with E-state index in [0.29, 0.717) is 16.9 Å². The quantitative estimate of drug-likeness (QED) is 0.0872. The van der Waals surface area contributed by atoms with E-state index >= 15 is 0 Å². The number of halogens is 10. The van der Waals surface area contributed by atoms with Crippen LogP contribution < -0.4 is 11.5 Å². The molecular formula is C30H16Cl5F5N10O5. The van der Waals surface area contributed by atoms with Gasteiger partial charge in [-0.1, -0.05) is 58.0 Å². The second-order valence-electron chi connectivity index (χ2n) is 9.32. The second-order valence-corrected chi connectivity index (χ2v) is 11.1. The molecule has 0 saturated heterocycles. The Kier molecular flexibility index (Phi) is 17.3. The van der Waals surface area contributed by atoms with Crippen molar-refractivity contribution in [1.29, 1.82) is 5.26 Å². The molecule has 25 heteroatoms.